The van der Waals surface area contributed by atoms with E-state index in [1.807, 2.05) is 53.8 Å². The van der Waals surface area contributed by atoms with Crippen LogP contribution in [0.15, 0.2) is 71.3 Å². The van der Waals surface area contributed by atoms with Crippen LogP contribution >= 0.6 is 23.2 Å². The standard InChI is InChI=1S/C21H20Cl2N2O2/c22-17-9-8-15(18(23)13-17)10-11-24-20(26)14-25-21(19-7-4-12-27-19)16-5-2-1-3-6-16/h1-9,12-13,21,25H,10-11,14H2,(H,24,26)/p+1/t21-/m1/s1. The van der Waals surface area contributed by atoms with Crippen molar-refractivity contribution in [2.75, 3.05) is 13.1 Å². The molecule has 0 spiro atoms. The van der Waals surface area contributed by atoms with E-state index in [-0.39, 0.29) is 11.9 Å². The second-order valence-corrected chi connectivity index (χ2v) is 7.02. The number of hydrogen-bond donors (Lipinski definition) is 2. The summed E-state index contributed by atoms with van der Waals surface area (Å²) in [7, 11) is 0. The maximum absolute atomic E-state index is 12.3. The second kappa shape index (κ2) is 9.60. The fraction of sp³-hybridized carbons (Fsp3) is 0.190. The number of quaternary nitrogens is 1. The Kier molecular flexibility index (Phi) is 6.93. The van der Waals surface area contributed by atoms with Gasteiger partial charge in [-0.2, -0.15) is 0 Å². The van der Waals surface area contributed by atoms with E-state index in [9.17, 15) is 4.79 Å². The molecule has 0 fully saturated rings. The predicted molar refractivity (Wildman–Crippen MR) is 107 cm³/mol. The highest BCUT2D eigenvalue weighted by Gasteiger charge is 2.21. The second-order valence-electron chi connectivity index (χ2n) is 6.18. The number of nitrogens with two attached hydrogens (primary N) is 1. The molecule has 1 aromatic heterocycles. The lowest BCUT2D eigenvalue weighted by Gasteiger charge is -2.14. The Morgan fingerprint density at radius 1 is 1.07 bits per heavy atom. The fourth-order valence-electron chi connectivity index (χ4n) is 2.90. The highest BCUT2D eigenvalue weighted by atomic mass is 35.5. The summed E-state index contributed by atoms with van der Waals surface area (Å²) in [6, 6.07) is 19.1. The first-order chi connectivity index (χ1) is 13.1. The molecule has 6 heteroatoms. The van der Waals surface area contributed by atoms with Gasteiger partial charge in [-0.05, 0) is 36.2 Å². The minimum Gasteiger partial charge on any atom is -0.463 e. The van der Waals surface area contributed by atoms with Gasteiger partial charge in [0.25, 0.3) is 5.91 Å². The molecular formula is C21H21Cl2N2O2+. The van der Waals surface area contributed by atoms with Gasteiger partial charge in [-0.3, -0.25) is 4.79 Å². The fourth-order valence-corrected chi connectivity index (χ4v) is 3.41. The van der Waals surface area contributed by atoms with Gasteiger partial charge in [-0.15, -0.1) is 0 Å². The zero-order chi connectivity index (χ0) is 19.1. The SMILES string of the molecule is O=C(C[NH2+][C@H](c1ccccc1)c1ccco1)NCCc1ccc(Cl)cc1Cl. The minimum absolute atomic E-state index is 0.0347. The van der Waals surface area contributed by atoms with Crippen LogP contribution in [0, 0.1) is 0 Å². The molecule has 3 aromatic rings. The first-order valence-corrected chi connectivity index (χ1v) is 9.51. The first-order valence-electron chi connectivity index (χ1n) is 8.76. The summed E-state index contributed by atoms with van der Waals surface area (Å²) in [5.41, 5.74) is 2.05. The van der Waals surface area contributed by atoms with Crippen molar-refractivity contribution in [2.24, 2.45) is 0 Å². The van der Waals surface area contributed by atoms with Gasteiger partial charge in [0.1, 0.15) is 0 Å². The predicted octanol–water partition coefficient (Wildman–Crippen LogP) is 3.60. The zero-order valence-corrected chi connectivity index (χ0v) is 16.2. The number of halogens is 2. The quantitative estimate of drug-likeness (QED) is 0.603. The number of rotatable bonds is 8. The van der Waals surface area contributed by atoms with Crippen molar-refractivity contribution in [3.63, 3.8) is 0 Å². The molecule has 0 saturated carbocycles. The average Bonchev–Trinajstić information content (AvgIpc) is 3.19. The van der Waals surface area contributed by atoms with Crippen molar-refractivity contribution in [2.45, 2.75) is 12.5 Å². The molecule has 0 unspecified atom stereocenters. The van der Waals surface area contributed by atoms with E-state index < -0.39 is 0 Å². The third kappa shape index (κ3) is 5.60. The molecule has 140 valence electrons. The molecule has 0 bridgehead atoms. The van der Waals surface area contributed by atoms with Crippen LogP contribution in [-0.4, -0.2) is 19.0 Å². The van der Waals surface area contributed by atoms with Gasteiger partial charge in [0.05, 0.1) is 6.26 Å². The monoisotopic (exact) mass is 403 g/mol. The molecule has 1 amide bonds. The summed E-state index contributed by atoms with van der Waals surface area (Å²) in [5, 5.41) is 6.12. The third-order valence-corrected chi connectivity index (χ3v) is 4.87. The van der Waals surface area contributed by atoms with Gasteiger partial charge in [0.2, 0.25) is 0 Å². The number of furan rings is 1. The first kappa shape index (κ1) is 19.5. The Hall–Kier alpha value is -2.27. The Labute approximate surface area is 168 Å². The zero-order valence-electron chi connectivity index (χ0n) is 14.7. The number of benzene rings is 2. The van der Waals surface area contributed by atoms with E-state index in [2.05, 4.69) is 5.32 Å². The lowest BCUT2D eigenvalue weighted by Crippen LogP contribution is -2.87. The Bertz CT molecular complexity index is 867. The summed E-state index contributed by atoms with van der Waals surface area (Å²) in [6.45, 7) is 0.819. The van der Waals surface area contributed by atoms with Crippen LogP contribution in [0.5, 0.6) is 0 Å². The van der Waals surface area contributed by atoms with Gasteiger partial charge < -0.3 is 15.1 Å². The normalized spacial score (nSPS) is 11.9. The van der Waals surface area contributed by atoms with E-state index in [0.29, 0.717) is 29.6 Å². The molecule has 2 aromatic carbocycles. The van der Waals surface area contributed by atoms with E-state index in [1.165, 1.54) is 0 Å². The van der Waals surface area contributed by atoms with Crippen molar-refractivity contribution in [3.8, 4) is 0 Å². The number of nitrogens with one attached hydrogen (secondary N) is 1. The largest absolute Gasteiger partial charge is 0.463 e. The molecule has 4 nitrogen and oxygen atoms in total. The van der Waals surface area contributed by atoms with Gasteiger partial charge in [0, 0.05) is 22.2 Å². The van der Waals surface area contributed by atoms with Gasteiger partial charge in [0.15, 0.2) is 18.3 Å². The number of hydrogen-bond acceptors (Lipinski definition) is 2. The number of amides is 1. The molecule has 27 heavy (non-hydrogen) atoms. The summed E-state index contributed by atoms with van der Waals surface area (Å²) >= 11 is 12.1. The third-order valence-electron chi connectivity index (χ3n) is 4.28. The lowest BCUT2D eigenvalue weighted by atomic mass is 10.0. The number of carbonyl (C=O) groups is 1. The Morgan fingerprint density at radius 3 is 2.59 bits per heavy atom. The van der Waals surface area contributed by atoms with E-state index in [1.54, 1.807) is 18.4 Å². The van der Waals surface area contributed by atoms with Crippen LogP contribution in [0.1, 0.15) is 22.9 Å². The molecule has 3 rings (SSSR count). The molecule has 0 aliphatic rings. The van der Waals surface area contributed by atoms with Crippen molar-refractivity contribution in [1.82, 2.24) is 5.32 Å². The van der Waals surface area contributed by atoms with Gasteiger partial charge >= 0.3 is 0 Å². The minimum atomic E-state index is -0.0577. The van der Waals surface area contributed by atoms with Crippen LogP contribution < -0.4 is 10.6 Å². The molecule has 1 atom stereocenters. The summed E-state index contributed by atoms with van der Waals surface area (Å²) in [4.78, 5) is 12.3. The van der Waals surface area contributed by atoms with Crippen LogP contribution in [0.25, 0.3) is 0 Å². The average molecular weight is 404 g/mol. The van der Waals surface area contributed by atoms with Gasteiger partial charge in [-0.25, -0.2) is 0 Å². The smallest absolute Gasteiger partial charge is 0.275 e. The van der Waals surface area contributed by atoms with Crippen molar-refractivity contribution < 1.29 is 14.5 Å². The molecule has 0 saturated heterocycles. The topological polar surface area (TPSA) is 58.9 Å². The molecule has 3 N–H and O–H groups in total. The van der Waals surface area contributed by atoms with Crippen LogP contribution in [-0.2, 0) is 11.2 Å². The van der Waals surface area contributed by atoms with Crippen molar-refractivity contribution in [3.05, 3.63) is 93.9 Å². The molecule has 0 aliphatic heterocycles. The van der Waals surface area contributed by atoms with E-state index >= 15 is 0 Å². The van der Waals surface area contributed by atoms with Crippen LogP contribution in [0.3, 0.4) is 0 Å². The summed E-state index contributed by atoms with van der Waals surface area (Å²) in [6.07, 6.45) is 2.30. The molecule has 1 heterocycles. The molecular weight excluding hydrogens is 383 g/mol. The molecule has 0 radical (unpaired) electrons. The van der Waals surface area contributed by atoms with Crippen molar-refractivity contribution >= 4 is 29.1 Å². The Balaban J connectivity index is 1.52. The molecule has 0 aliphatic carbocycles. The van der Waals surface area contributed by atoms with Crippen LogP contribution in [0.4, 0.5) is 0 Å². The highest BCUT2D eigenvalue weighted by Crippen LogP contribution is 2.21. The van der Waals surface area contributed by atoms with E-state index in [0.717, 1.165) is 16.9 Å². The van der Waals surface area contributed by atoms with Crippen molar-refractivity contribution in [1.29, 1.82) is 0 Å². The van der Waals surface area contributed by atoms with Gasteiger partial charge in [-0.1, -0.05) is 59.6 Å². The van der Waals surface area contributed by atoms with Crippen LogP contribution in [0.2, 0.25) is 10.0 Å². The maximum atomic E-state index is 12.3. The Morgan fingerprint density at radius 2 is 1.89 bits per heavy atom. The summed E-state index contributed by atoms with van der Waals surface area (Å²) in [5.74, 6) is 0.787. The summed E-state index contributed by atoms with van der Waals surface area (Å²) < 4.78 is 5.56. The highest BCUT2D eigenvalue weighted by molar-refractivity contribution is 6.35. The maximum Gasteiger partial charge on any atom is 0.275 e. The number of carbonyl (C=O) groups excluding carboxylic acids is 1. The van der Waals surface area contributed by atoms with E-state index in [4.69, 9.17) is 27.6 Å². The lowest BCUT2D eigenvalue weighted by molar-refractivity contribution is -0.678.